The van der Waals surface area contributed by atoms with Crippen molar-refractivity contribution in [3.05, 3.63) is 0 Å². The van der Waals surface area contributed by atoms with E-state index in [0.29, 0.717) is 17.3 Å². The standard InChI is InChI=1S/C10H16FN/c11-12-6-8-2-1-4-10(8)5-3-9(10)7-12/h8-9H,1-7H2. The zero-order chi connectivity index (χ0) is 8.18. The van der Waals surface area contributed by atoms with Crippen LogP contribution in [-0.4, -0.2) is 18.2 Å². The Bertz CT molecular complexity index is 206. The Hall–Kier alpha value is -0.110. The number of hydrogen-bond acceptors (Lipinski definition) is 1. The van der Waals surface area contributed by atoms with Crippen LogP contribution < -0.4 is 0 Å². The number of piperidine rings is 1. The first-order valence-electron chi connectivity index (χ1n) is 5.22. The summed E-state index contributed by atoms with van der Waals surface area (Å²) in [5, 5.41) is 1.07. The first kappa shape index (κ1) is 7.31. The lowest BCUT2D eigenvalue weighted by molar-refractivity contribution is -0.144. The van der Waals surface area contributed by atoms with Crippen LogP contribution in [0.25, 0.3) is 0 Å². The Morgan fingerprint density at radius 1 is 1.08 bits per heavy atom. The van der Waals surface area contributed by atoms with E-state index in [0.717, 1.165) is 18.2 Å². The summed E-state index contributed by atoms with van der Waals surface area (Å²) in [6, 6.07) is 0. The number of hydrogen-bond donors (Lipinski definition) is 0. The highest BCUT2D eigenvalue weighted by Crippen LogP contribution is 2.62. The van der Waals surface area contributed by atoms with E-state index < -0.39 is 0 Å². The lowest BCUT2D eigenvalue weighted by Gasteiger charge is -2.55. The molecule has 3 atom stereocenters. The fourth-order valence-corrected chi connectivity index (χ4v) is 3.85. The molecule has 3 unspecified atom stereocenters. The molecule has 3 aliphatic rings. The Kier molecular flexibility index (Phi) is 1.35. The van der Waals surface area contributed by atoms with Gasteiger partial charge in [0.05, 0.1) is 0 Å². The zero-order valence-corrected chi connectivity index (χ0v) is 7.43. The molecule has 0 bridgehead atoms. The minimum atomic E-state index is 0.628. The van der Waals surface area contributed by atoms with Gasteiger partial charge in [-0.25, -0.2) is 0 Å². The maximum atomic E-state index is 13.1. The van der Waals surface area contributed by atoms with Crippen molar-refractivity contribution < 1.29 is 4.48 Å². The van der Waals surface area contributed by atoms with Crippen molar-refractivity contribution in [1.29, 1.82) is 0 Å². The van der Waals surface area contributed by atoms with Crippen LogP contribution in [-0.2, 0) is 0 Å². The minimum Gasteiger partial charge on any atom is -0.146 e. The molecule has 68 valence electrons. The fraction of sp³-hybridized carbons (Fsp3) is 1.00. The molecule has 2 heteroatoms. The summed E-state index contributed by atoms with van der Waals surface area (Å²) in [5.74, 6) is 1.42. The van der Waals surface area contributed by atoms with Crippen molar-refractivity contribution in [2.45, 2.75) is 32.1 Å². The summed E-state index contributed by atoms with van der Waals surface area (Å²) in [6.07, 6.45) is 6.73. The molecule has 1 nitrogen and oxygen atoms in total. The molecule has 0 N–H and O–H groups in total. The fourth-order valence-electron chi connectivity index (χ4n) is 3.85. The van der Waals surface area contributed by atoms with Gasteiger partial charge in [0.15, 0.2) is 0 Å². The molecular weight excluding hydrogens is 153 g/mol. The van der Waals surface area contributed by atoms with Gasteiger partial charge in [-0.05, 0) is 42.9 Å². The Morgan fingerprint density at radius 3 is 2.50 bits per heavy atom. The van der Waals surface area contributed by atoms with Crippen molar-refractivity contribution in [2.24, 2.45) is 17.3 Å². The van der Waals surface area contributed by atoms with Gasteiger partial charge in [0, 0.05) is 13.1 Å². The first-order valence-corrected chi connectivity index (χ1v) is 5.22. The van der Waals surface area contributed by atoms with Gasteiger partial charge in [-0.3, -0.25) is 0 Å². The normalized spacial score (nSPS) is 52.8. The van der Waals surface area contributed by atoms with E-state index in [1.165, 1.54) is 32.1 Å². The van der Waals surface area contributed by atoms with Crippen molar-refractivity contribution in [3.63, 3.8) is 0 Å². The molecule has 1 heterocycles. The molecule has 1 spiro atoms. The molecule has 3 fully saturated rings. The topological polar surface area (TPSA) is 3.24 Å². The highest BCUT2D eigenvalue weighted by molar-refractivity contribution is 5.06. The molecule has 0 radical (unpaired) electrons. The average molecular weight is 169 g/mol. The maximum Gasteiger partial charge on any atom is 0.0324 e. The van der Waals surface area contributed by atoms with Gasteiger partial charge >= 0.3 is 0 Å². The lowest BCUT2D eigenvalue weighted by atomic mass is 9.53. The zero-order valence-electron chi connectivity index (χ0n) is 7.43. The molecular formula is C10H16FN. The van der Waals surface area contributed by atoms with Gasteiger partial charge in [0.1, 0.15) is 0 Å². The second kappa shape index (κ2) is 2.22. The van der Waals surface area contributed by atoms with Crippen molar-refractivity contribution in [3.8, 4) is 0 Å². The van der Waals surface area contributed by atoms with E-state index in [1.54, 1.807) is 0 Å². The van der Waals surface area contributed by atoms with Gasteiger partial charge < -0.3 is 0 Å². The predicted molar refractivity (Wildman–Crippen MR) is 45.2 cm³/mol. The van der Waals surface area contributed by atoms with Gasteiger partial charge in [-0.2, -0.15) is 0 Å². The van der Waals surface area contributed by atoms with Crippen LogP contribution in [0.2, 0.25) is 0 Å². The van der Waals surface area contributed by atoms with Gasteiger partial charge in [-0.1, -0.05) is 6.42 Å². The number of nitrogens with zero attached hydrogens (tertiary/aromatic N) is 1. The van der Waals surface area contributed by atoms with Crippen molar-refractivity contribution >= 4 is 0 Å². The third kappa shape index (κ3) is 0.723. The van der Waals surface area contributed by atoms with Crippen molar-refractivity contribution in [1.82, 2.24) is 5.12 Å². The van der Waals surface area contributed by atoms with Crippen LogP contribution in [0.3, 0.4) is 0 Å². The highest BCUT2D eigenvalue weighted by Gasteiger charge is 2.57. The summed E-state index contributed by atoms with van der Waals surface area (Å²) < 4.78 is 13.1. The summed E-state index contributed by atoms with van der Waals surface area (Å²) in [7, 11) is 0. The van der Waals surface area contributed by atoms with Crippen LogP contribution in [0, 0.1) is 17.3 Å². The second-order valence-corrected chi connectivity index (χ2v) is 4.89. The van der Waals surface area contributed by atoms with Gasteiger partial charge in [-0.15, -0.1) is 9.60 Å². The molecule has 2 aliphatic carbocycles. The monoisotopic (exact) mass is 169 g/mol. The van der Waals surface area contributed by atoms with Gasteiger partial charge in [0.25, 0.3) is 0 Å². The molecule has 0 amide bonds. The molecule has 1 saturated heterocycles. The summed E-state index contributed by atoms with van der Waals surface area (Å²) >= 11 is 0. The largest absolute Gasteiger partial charge is 0.146 e. The maximum absolute atomic E-state index is 13.1. The van der Waals surface area contributed by atoms with Crippen LogP contribution in [0.4, 0.5) is 4.48 Å². The SMILES string of the molecule is FN1CC2CCCC23CCC3C1. The lowest BCUT2D eigenvalue weighted by Crippen LogP contribution is -2.54. The molecule has 1 aliphatic heterocycles. The highest BCUT2D eigenvalue weighted by atomic mass is 19.2. The smallest absolute Gasteiger partial charge is 0.0324 e. The van der Waals surface area contributed by atoms with Crippen LogP contribution in [0.5, 0.6) is 0 Å². The Balaban J connectivity index is 1.88. The number of halogens is 1. The summed E-state index contributed by atoms with van der Waals surface area (Å²) in [4.78, 5) is 0. The third-order valence-electron chi connectivity index (χ3n) is 4.62. The van der Waals surface area contributed by atoms with E-state index in [9.17, 15) is 4.48 Å². The van der Waals surface area contributed by atoms with Crippen LogP contribution >= 0.6 is 0 Å². The average Bonchev–Trinajstić information content (AvgIpc) is 2.43. The Labute approximate surface area is 72.9 Å². The van der Waals surface area contributed by atoms with E-state index in [2.05, 4.69) is 0 Å². The van der Waals surface area contributed by atoms with E-state index in [4.69, 9.17) is 0 Å². The Morgan fingerprint density at radius 2 is 1.83 bits per heavy atom. The quantitative estimate of drug-likeness (QED) is 0.503. The third-order valence-corrected chi connectivity index (χ3v) is 4.62. The predicted octanol–water partition coefficient (Wildman–Crippen LogP) is 2.38. The van der Waals surface area contributed by atoms with E-state index in [-0.39, 0.29) is 0 Å². The molecule has 0 aromatic carbocycles. The second-order valence-electron chi connectivity index (χ2n) is 4.89. The van der Waals surface area contributed by atoms with Crippen molar-refractivity contribution in [2.75, 3.05) is 13.1 Å². The van der Waals surface area contributed by atoms with E-state index in [1.807, 2.05) is 0 Å². The molecule has 12 heavy (non-hydrogen) atoms. The minimum absolute atomic E-state index is 0.628. The van der Waals surface area contributed by atoms with Crippen LogP contribution in [0.1, 0.15) is 32.1 Å². The summed E-state index contributed by atoms with van der Waals surface area (Å²) in [6.45, 7) is 1.47. The molecule has 0 aromatic heterocycles. The summed E-state index contributed by atoms with van der Waals surface area (Å²) in [5.41, 5.74) is 0.628. The van der Waals surface area contributed by atoms with Gasteiger partial charge in [0.2, 0.25) is 0 Å². The molecule has 2 saturated carbocycles. The van der Waals surface area contributed by atoms with Crippen LogP contribution in [0.15, 0.2) is 0 Å². The first-order chi connectivity index (χ1) is 5.81. The molecule has 0 aromatic rings. The van der Waals surface area contributed by atoms with E-state index >= 15 is 0 Å². The number of rotatable bonds is 0. The molecule has 3 rings (SSSR count).